The summed E-state index contributed by atoms with van der Waals surface area (Å²) in [6.07, 6.45) is 5.25. The third kappa shape index (κ3) is 2.95. The quantitative estimate of drug-likeness (QED) is 0.753. The summed E-state index contributed by atoms with van der Waals surface area (Å²) in [5, 5.41) is 12.2. The zero-order valence-electron chi connectivity index (χ0n) is 9.98. The zero-order chi connectivity index (χ0) is 11.5. The molecule has 4 heteroatoms. The predicted molar refractivity (Wildman–Crippen MR) is 62.5 cm³/mol. The lowest BCUT2D eigenvalue weighted by atomic mass is 9.96. The van der Waals surface area contributed by atoms with E-state index in [1.54, 1.807) is 0 Å². The number of hydrogen-bond donors (Lipinski definition) is 2. The molecule has 2 rings (SSSR count). The van der Waals surface area contributed by atoms with Gasteiger partial charge in [0.15, 0.2) is 0 Å². The van der Waals surface area contributed by atoms with E-state index < -0.39 is 5.97 Å². The van der Waals surface area contributed by atoms with Gasteiger partial charge in [0, 0.05) is 18.1 Å². The molecule has 0 aliphatic carbocycles. The molecule has 4 nitrogen and oxygen atoms in total. The number of hydrogen-bond acceptors (Lipinski definition) is 3. The third-order valence-corrected chi connectivity index (χ3v) is 3.82. The fraction of sp³-hybridized carbons (Fsp3) is 0.917. The average molecular weight is 226 g/mol. The van der Waals surface area contributed by atoms with E-state index in [0.29, 0.717) is 6.04 Å². The summed E-state index contributed by atoms with van der Waals surface area (Å²) in [7, 11) is 0. The first-order valence-electron chi connectivity index (χ1n) is 6.37. The molecule has 3 unspecified atom stereocenters. The van der Waals surface area contributed by atoms with Crippen LogP contribution in [0.4, 0.5) is 0 Å². The number of fused-ring (bicyclic) bond motifs is 1. The Balaban J connectivity index is 1.76. The maximum absolute atomic E-state index is 10.6. The lowest BCUT2D eigenvalue weighted by Gasteiger charge is -2.36. The van der Waals surface area contributed by atoms with Gasteiger partial charge in [0.25, 0.3) is 0 Å². The first-order chi connectivity index (χ1) is 7.65. The second-order valence-electron chi connectivity index (χ2n) is 5.22. The Morgan fingerprint density at radius 1 is 1.50 bits per heavy atom. The second kappa shape index (κ2) is 5.15. The molecular weight excluding hydrogens is 204 g/mol. The summed E-state index contributed by atoms with van der Waals surface area (Å²) < 4.78 is 0. The third-order valence-electron chi connectivity index (χ3n) is 3.82. The van der Waals surface area contributed by atoms with Crippen LogP contribution in [-0.4, -0.2) is 47.2 Å². The first kappa shape index (κ1) is 11.9. The fourth-order valence-electron chi connectivity index (χ4n) is 3.10. The molecule has 3 atom stereocenters. The molecule has 16 heavy (non-hydrogen) atoms. The summed E-state index contributed by atoms with van der Waals surface area (Å²) in [6.45, 7) is 4.42. The van der Waals surface area contributed by atoms with Crippen LogP contribution in [0.3, 0.4) is 0 Å². The van der Waals surface area contributed by atoms with Gasteiger partial charge in [-0.05, 0) is 45.7 Å². The summed E-state index contributed by atoms with van der Waals surface area (Å²) in [6, 6.07) is 1.37. The van der Waals surface area contributed by atoms with Gasteiger partial charge < -0.3 is 15.3 Å². The van der Waals surface area contributed by atoms with Gasteiger partial charge in [-0.15, -0.1) is 0 Å². The van der Waals surface area contributed by atoms with Crippen molar-refractivity contribution in [3.05, 3.63) is 0 Å². The number of nitrogens with one attached hydrogen (secondary N) is 1. The van der Waals surface area contributed by atoms with Crippen LogP contribution in [0.5, 0.6) is 0 Å². The van der Waals surface area contributed by atoms with Crippen LogP contribution in [-0.2, 0) is 4.79 Å². The highest BCUT2D eigenvalue weighted by atomic mass is 16.4. The molecular formula is C12H22N2O2. The summed E-state index contributed by atoms with van der Waals surface area (Å²) in [5.41, 5.74) is 0. The van der Waals surface area contributed by atoms with E-state index in [9.17, 15) is 4.79 Å². The molecule has 0 amide bonds. The predicted octanol–water partition coefficient (Wildman–Crippen LogP) is 1.07. The molecule has 2 heterocycles. The fourth-order valence-corrected chi connectivity index (χ4v) is 3.10. The topological polar surface area (TPSA) is 52.6 Å². The Bertz CT molecular complexity index is 257. The maximum atomic E-state index is 10.6. The van der Waals surface area contributed by atoms with E-state index in [-0.39, 0.29) is 12.5 Å². The molecule has 2 aliphatic heterocycles. The molecule has 2 saturated heterocycles. The highest BCUT2D eigenvalue weighted by molar-refractivity contribution is 5.67. The first-order valence-corrected chi connectivity index (χ1v) is 6.37. The van der Waals surface area contributed by atoms with Gasteiger partial charge in [-0.2, -0.15) is 0 Å². The van der Waals surface area contributed by atoms with Crippen molar-refractivity contribution in [2.24, 2.45) is 0 Å². The Hall–Kier alpha value is -0.610. The SMILES string of the molecule is CC(CC(=O)O)NC1CCN2CCCC2C1. The van der Waals surface area contributed by atoms with Crippen LogP contribution in [0.2, 0.25) is 0 Å². The smallest absolute Gasteiger partial charge is 0.304 e. The van der Waals surface area contributed by atoms with Gasteiger partial charge in [0.2, 0.25) is 0 Å². The molecule has 2 N–H and O–H groups in total. The zero-order valence-corrected chi connectivity index (χ0v) is 9.98. The van der Waals surface area contributed by atoms with Crippen molar-refractivity contribution in [3.8, 4) is 0 Å². The molecule has 0 aromatic rings. The standard InChI is InChI=1S/C12H22N2O2/c1-9(7-12(15)16)13-10-4-6-14-5-2-3-11(14)8-10/h9-11,13H,2-8H2,1H3,(H,15,16). The van der Waals surface area contributed by atoms with Gasteiger partial charge >= 0.3 is 5.97 Å². The minimum absolute atomic E-state index is 0.0930. The van der Waals surface area contributed by atoms with E-state index in [0.717, 1.165) is 6.04 Å². The molecule has 0 spiro atoms. The van der Waals surface area contributed by atoms with Crippen molar-refractivity contribution in [1.82, 2.24) is 10.2 Å². The largest absolute Gasteiger partial charge is 0.481 e. The van der Waals surface area contributed by atoms with E-state index in [1.165, 1.54) is 38.8 Å². The van der Waals surface area contributed by atoms with Gasteiger partial charge in [-0.3, -0.25) is 4.79 Å². The Morgan fingerprint density at radius 2 is 2.31 bits per heavy atom. The highest BCUT2D eigenvalue weighted by Crippen LogP contribution is 2.27. The van der Waals surface area contributed by atoms with Crippen molar-refractivity contribution >= 4 is 5.97 Å². The van der Waals surface area contributed by atoms with Gasteiger partial charge in [0.05, 0.1) is 6.42 Å². The van der Waals surface area contributed by atoms with Crippen molar-refractivity contribution in [2.75, 3.05) is 13.1 Å². The number of carbonyl (C=O) groups is 1. The lowest BCUT2D eigenvalue weighted by molar-refractivity contribution is -0.137. The molecule has 92 valence electrons. The van der Waals surface area contributed by atoms with Crippen molar-refractivity contribution in [3.63, 3.8) is 0 Å². The van der Waals surface area contributed by atoms with E-state index >= 15 is 0 Å². The molecule has 0 radical (unpaired) electrons. The van der Waals surface area contributed by atoms with Crippen LogP contribution in [0, 0.1) is 0 Å². The average Bonchev–Trinajstić information content (AvgIpc) is 2.63. The van der Waals surface area contributed by atoms with Crippen LogP contribution in [0.1, 0.15) is 39.0 Å². The van der Waals surface area contributed by atoms with Crippen molar-refractivity contribution in [1.29, 1.82) is 0 Å². The van der Waals surface area contributed by atoms with E-state index in [4.69, 9.17) is 5.11 Å². The van der Waals surface area contributed by atoms with Gasteiger partial charge in [-0.25, -0.2) is 0 Å². The second-order valence-corrected chi connectivity index (χ2v) is 5.22. The minimum atomic E-state index is -0.710. The van der Waals surface area contributed by atoms with Crippen LogP contribution < -0.4 is 5.32 Å². The van der Waals surface area contributed by atoms with Gasteiger partial charge in [-0.1, -0.05) is 0 Å². The monoisotopic (exact) mass is 226 g/mol. The molecule has 0 bridgehead atoms. The lowest BCUT2D eigenvalue weighted by Crippen LogP contribution is -2.48. The summed E-state index contributed by atoms with van der Waals surface area (Å²) in [4.78, 5) is 13.2. The number of piperidine rings is 1. The van der Waals surface area contributed by atoms with E-state index in [2.05, 4.69) is 10.2 Å². The normalized spacial score (nSPS) is 32.3. The van der Waals surface area contributed by atoms with Crippen LogP contribution in [0.15, 0.2) is 0 Å². The number of rotatable bonds is 4. The molecule has 2 aliphatic rings. The van der Waals surface area contributed by atoms with Crippen LogP contribution in [0.25, 0.3) is 0 Å². The summed E-state index contributed by atoms with van der Waals surface area (Å²) in [5.74, 6) is -0.710. The minimum Gasteiger partial charge on any atom is -0.481 e. The Morgan fingerprint density at radius 3 is 3.06 bits per heavy atom. The van der Waals surface area contributed by atoms with Gasteiger partial charge in [0.1, 0.15) is 0 Å². The van der Waals surface area contributed by atoms with Crippen molar-refractivity contribution in [2.45, 2.75) is 57.2 Å². The molecule has 0 aromatic carbocycles. The Kier molecular flexibility index (Phi) is 3.82. The summed E-state index contributed by atoms with van der Waals surface area (Å²) >= 11 is 0. The number of nitrogens with zero attached hydrogens (tertiary/aromatic N) is 1. The highest BCUT2D eigenvalue weighted by Gasteiger charge is 2.31. The van der Waals surface area contributed by atoms with Crippen molar-refractivity contribution < 1.29 is 9.90 Å². The molecule has 0 aromatic heterocycles. The molecule has 0 saturated carbocycles. The Labute approximate surface area is 97.0 Å². The maximum Gasteiger partial charge on any atom is 0.304 e. The number of carboxylic acids is 1. The number of aliphatic carboxylic acids is 1. The number of carboxylic acid groups (broad SMARTS) is 1. The molecule has 2 fully saturated rings. The van der Waals surface area contributed by atoms with Crippen LogP contribution >= 0.6 is 0 Å². The van der Waals surface area contributed by atoms with E-state index in [1.807, 2.05) is 6.92 Å².